The van der Waals surface area contributed by atoms with E-state index >= 15 is 0 Å². The number of hydrogen-bond acceptors (Lipinski definition) is 2. The first-order chi connectivity index (χ1) is 4.50. The third-order valence-corrected chi connectivity index (χ3v) is 0.586. The number of allylic oxidation sites excluding steroid dienone is 4. The Kier molecular flexibility index (Phi) is 65.8. The first kappa shape index (κ1) is 22.5. The molecule has 0 aliphatic heterocycles. The summed E-state index contributed by atoms with van der Waals surface area (Å²) in [5.41, 5.74) is 0. The van der Waals surface area contributed by atoms with Crippen molar-refractivity contribution in [3.05, 3.63) is 24.3 Å². The van der Waals surface area contributed by atoms with Gasteiger partial charge in [0.05, 0.1) is 0 Å². The van der Waals surface area contributed by atoms with Gasteiger partial charge in [0.1, 0.15) is 13.6 Å². The summed E-state index contributed by atoms with van der Waals surface area (Å²) in [7, 11) is 0. The molecule has 0 radical (unpaired) electrons. The van der Waals surface area contributed by atoms with Crippen LogP contribution in [0.4, 0.5) is 0 Å². The summed E-state index contributed by atoms with van der Waals surface area (Å²) in [6.45, 7) is 4.00. The molecule has 0 N–H and O–H groups in total. The average molecular weight is 309 g/mol. The van der Waals surface area contributed by atoms with Gasteiger partial charge < -0.3 is 9.59 Å². The Balaban J connectivity index is -0.0000000369. The standard InChI is InChI=1S/C5H5.2CH2O.Fe.HI/c1-2-4-5-3-1;2*1-2;;/h1-3H,4H2;2*1H2;;1H/q-1;;;;. The van der Waals surface area contributed by atoms with Crippen LogP contribution >= 0.6 is 24.0 Å². The van der Waals surface area contributed by atoms with Crippen LogP contribution in [-0.2, 0) is 26.7 Å². The molecule has 2 nitrogen and oxygen atoms in total. The molecule has 0 aromatic rings. The van der Waals surface area contributed by atoms with Crippen molar-refractivity contribution in [3.8, 4) is 0 Å². The second-order valence-corrected chi connectivity index (χ2v) is 1.00. The molecular formula is C7H10FeIO2-. The van der Waals surface area contributed by atoms with Crippen LogP contribution in [-0.4, -0.2) is 13.6 Å². The number of carbonyl (C=O) groups excluding carboxylic acids is 2. The Morgan fingerprint density at radius 1 is 1.18 bits per heavy atom. The smallest absolute Gasteiger partial charge is 0.106 e. The quantitative estimate of drug-likeness (QED) is 0.386. The molecular weight excluding hydrogens is 299 g/mol. The first-order valence-electron chi connectivity index (χ1n) is 2.29. The van der Waals surface area contributed by atoms with Gasteiger partial charge in [-0.25, -0.2) is 12.2 Å². The third-order valence-electron chi connectivity index (χ3n) is 0.586. The maximum absolute atomic E-state index is 8.00. The maximum Gasteiger partial charge on any atom is 0.106 e. The Morgan fingerprint density at radius 2 is 1.64 bits per heavy atom. The van der Waals surface area contributed by atoms with Crippen molar-refractivity contribution in [2.75, 3.05) is 0 Å². The minimum absolute atomic E-state index is 0. The monoisotopic (exact) mass is 309 g/mol. The van der Waals surface area contributed by atoms with Crippen LogP contribution in [0.5, 0.6) is 0 Å². The molecule has 0 heterocycles. The molecule has 4 heteroatoms. The van der Waals surface area contributed by atoms with Crippen LogP contribution in [0.1, 0.15) is 6.42 Å². The molecule has 1 aliphatic rings. The second kappa shape index (κ2) is 32.2. The van der Waals surface area contributed by atoms with Gasteiger partial charge in [-0.1, -0.05) is 0 Å². The van der Waals surface area contributed by atoms with E-state index in [0.717, 1.165) is 6.42 Å². The molecule has 0 aromatic heterocycles. The van der Waals surface area contributed by atoms with E-state index in [1.54, 1.807) is 0 Å². The largest absolute Gasteiger partial charge is 0.307 e. The molecule has 0 unspecified atom stereocenters. The fourth-order valence-electron chi connectivity index (χ4n) is 0.340. The van der Waals surface area contributed by atoms with Crippen LogP contribution in [0.2, 0.25) is 0 Å². The molecule has 0 amide bonds. The Bertz CT molecular complexity index is 92.6. The average Bonchev–Trinajstić information content (AvgIpc) is 2.51. The van der Waals surface area contributed by atoms with Crippen molar-refractivity contribution >= 4 is 37.6 Å². The van der Waals surface area contributed by atoms with Crippen LogP contribution in [0, 0.1) is 6.08 Å². The summed E-state index contributed by atoms with van der Waals surface area (Å²) in [6.07, 6.45) is 10.0. The van der Waals surface area contributed by atoms with E-state index in [9.17, 15) is 0 Å². The predicted molar refractivity (Wildman–Crippen MR) is 51.2 cm³/mol. The minimum atomic E-state index is 0. The van der Waals surface area contributed by atoms with Gasteiger partial charge in [0, 0.05) is 17.1 Å². The van der Waals surface area contributed by atoms with Gasteiger partial charge in [-0.2, -0.15) is 6.08 Å². The van der Waals surface area contributed by atoms with E-state index in [1.807, 2.05) is 25.7 Å². The van der Waals surface area contributed by atoms with Gasteiger partial charge in [-0.05, 0) is 0 Å². The van der Waals surface area contributed by atoms with Crippen molar-refractivity contribution in [2.45, 2.75) is 6.42 Å². The zero-order chi connectivity index (χ0) is 7.54. The first-order valence-corrected chi connectivity index (χ1v) is 2.29. The van der Waals surface area contributed by atoms with Gasteiger partial charge >= 0.3 is 0 Å². The van der Waals surface area contributed by atoms with E-state index in [1.165, 1.54) is 0 Å². The predicted octanol–water partition coefficient (Wildman–Crippen LogP) is 1.55. The van der Waals surface area contributed by atoms with Crippen molar-refractivity contribution in [2.24, 2.45) is 0 Å². The second-order valence-electron chi connectivity index (χ2n) is 1.00. The fourth-order valence-corrected chi connectivity index (χ4v) is 0.340. The normalized spacial score (nSPS) is 8.73. The van der Waals surface area contributed by atoms with Crippen LogP contribution < -0.4 is 0 Å². The summed E-state index contributed by atoms with van der Waals surface area (Å²) in [6, 6.07) is 0. The molecule has 0 spiro atoms. The van der Waals surface area contributed by atoms with Crippen molar-refractivity contribution in [3.63, 3.8) is 0 Å². The maximum atomic E-state index is 8.00. The number of rotatable bonds is 0. The molecule has 66 valence electrons. The van der Waals surface area contributed by atoms with Crippen molar-refractivity contribution in [1.29, 1.82) is 0 Å². The van der Waals surface area contributed by atoms with Gasteiger partial charge in [0.25, 0.3) is 0 Å². The van der Waals surface area contributed by atoms with E-state index in [0.29, 0.717) is 0 Å². The molecule has 11 heavy (non-hydrogen) atoms. The van der Waals surface area contributed by atoms with Gasteiger partial charge in [0.15, 0.2) is 0 Å². The molecule has 0 aromatic carbocycles. The number of carbonyl (C=O) groups is 2. The van der Waals surface area contributed by atoms with E-state index in [4.69, 9.17) is 9.59 Å². The zero-order valence-electron chi connectivity index (χ0n) is 5.93. The van der Waals surface area contributed by atoms with E-state index < -0.39 is 0 Å². The molecule has 0 fully saturated rings. The molecule has 0 saturated heterocycles. The van der Waals surface area contributed by atoms with Crippen molar-refractivity contribution < 1.29 is 26.7 Å². The molecule has 1 aliphatic carbocycles. The van der Waals surface area contributed by atoms with Crippen LogP contribution in [0.25, 0.3) is 0 Å². The van der Waals surface area contributed by atoms with Gasteiger partial charge in [-0.3, -0.25) is 6.08 Å². The summed E-state index contributed by atoms with van der Waals surface area (Å²) in [5, 5.41) is 0. The van der Waals surface area contributed by atoms with Gasteiger partial charge in [0.2, 0.25) is 0 Å². The summed E-state index contributed by atoms with van der Waals surface area (Å²) in [5.74, 6) is 0. The van der Waals surface area contributed by atoms with Gasteiger partial charge in [-0.15, -0.1) is 30.4 Å². The molecule has 0 saturated carbocycles. The summed E-state index contributed by atoms with van der Waals surface area (Å²) in [4.78, 5) is 16.0. The Hall–Kier alpha value is 0.0695. The SMILES string of the molecule is C=O.C=O.I.[C-]1=CC=CC1.[Fe]. The Labute approximate surface area is 94.6 Å². The molecule has 1 rings (SSSR count). The van der Waals surface area contributed by atoms with Crippen molar-refractivity contribution in [1.82, 2.24) is 0 Å². The molecule has 0 bridgehead atoms. The summed E-state index contributed by atoms with van der Waals surface area (Å²) >= 11 is 0. The fraction of sp³-hybridized carbons (Fsp3) is 0.143. The van der Waals surface area contributed by atoms with Crippen LogP contribution in [0.15, 0.2) is 18.2 Å². The topological polar surface area (TPSA) is 34.1 Å². The third kappa shape index (κ3) is 25.5. The van der Waals surface area contributed by atoms with E-state index in [-0.39, 0.29) is 41.0 Å². The van der Waals surface area contributed by atoms with E-state index in [2.05, 4.69) is 12.2 Å². The van der Waals surface area contributed by atoms with Crippen LogP contribution in [0.3, 0.4) is 0 Å². The molecule has 0 atom stereocenters. The zero-order valence-corrected chi connectivity index (χ0v) is 9.37. The number of hydrogen-bond donors (Lipinski definition) is 0. The Morgan fingerprint density at radius 3 is 1.73 bits per heavy atom. The number of halogens is 1. The summed E-state index contributed by atoms with van der Waals surface area (Å²) < 4.78 is 0. The minimum Gasteiger partial charge on any atom is -0.307 e.